The second-order valence-electron chi connectivity index (χ2n) is 7.71. The summed E-state index contributed by atoms with van der Waals surface area (Å²) in [4.78, 5) is 13.0. The summed E-state index contributed by atoms with van der Waals surface area (Å²) in [5.74, 6) is 0. The highest BCUT2D eigenvalue weighted by molar-refractivity contribution is 5.90. The highest BCUT2D eigenvalue weighted by atomic mass is 16.1. The Balaban J connectivity index is 1.59. The summed E-state index contributed by atoms with van der Waals surface area (Å²) in [7, 11) is 1.94. The van der Waals surface area contributed by atoms with Crippen LogP contribution in [0, 0.1) is 6.92 Å². The van der Waals surface area contributed by atoms with Crippen LogP contribution in [0.4, 0.5) is 0 Å². The molecule has 1 fully saturated rings. The van der Waals surface area contributed by atoms with Crippen LogP contribution in [0.1, 0.15) is 24.4 Å². The molecule has 2 aromatic heterocycles. The standard InChI is InChI=1S/C22H23N5O/c1-14-9-16(11-18-13-26(2)25-21(14)18)15-3-4-20-17(10-15)12-24-27(22(20)28)19-5-7-23-8-6-19/h3-4,9-13,19,23H,5-8H2,1-2H3. The first kappa shape index (κ1) is 17.1. The van der Waals surface area contributed by atoms with E-state index in [1.54, 1.807) is 4.68 Å². The zero-order chi connectivity index (χ0) is 19.3. The van der Waals surface area contributed by atoms with Gasteiger partial charge in [0.1, 0.15) is 0 Å². The van der Waals surface area contributed by atoms with Gasteiger partial charge < -0.3 is 5.32 Å². The van der Waals surface area contributed by atoms with Crippen molar-refractivity contribution in [2.75, 3.05) is 13.1 Å². The summed E-state index contributed by atoms with van der Waals surface area (Å²) in [5, 5.41) is 15.1. The van der Waals surface area contributed by atoms with Gasteiger partial charge in [-0.05, 0) is 73.8 Å². The van der Waals surface area contributed by atoms with E-state index >= 15 is 0 Å². The number of hydrogen-bond acceptors (Lipinski definition) is 4. The third-order valence-corrected chi connectivity index (χ3v) is 5.71. The molecule has 0 amide bonds. The molecule has 1 N–H and O–H groups in total. The molecule has 0 radical (unpaired) electrons. The highest BCUT2D eigenvalue weighted by Gasteiger charge is 2.18. The minimum absolute atomic E-state index is 0.00911. The summed E-state index contributed by atoms with van der Waals surface area (Å²) in [6.07, 6.45) is 5.76. The summed E-state index contributed by atoms with van der Waals surface area (Å²) < 4.78 is 3.52. The molecule has 0 aliphatic carbocycles. The molecule has 1 aliphatic rings. The van der Waals surface area contributed by atoms with Crippen LogP contribution >= 0.6 is 0 Å². The SMILES string of the molecule is Cc1cc(-c2ccc3c(=O)n(C4CCNCC4)ncc3c2)cc2cn(C)nc12. The fourth-order valence-electron chi connectivity index (χ4n) is 4.25. The van der Waals surface area contributed by atoms with Crippen molar-refractivity contribution in [2.24, 2.45) is 7.05 Å². The lowest BCUT2D eigenvalue weighted by atomic mass is 9.99. The van der Waals surface area contributed by atoms with Gasteiger partial charge in [0.25, 0.3) is 5.56 Å². The van der Waals surface area contributed by atoms with Gasteiger partial charge in [-0.1, -0.05) is 6.07 Å². The molecule has 6 heteroatoms. The Morgan fingerprint density at radius 3 is 2.68 bits per heavy atom. The van der Waals surface area contributed by atoms with Gasteiger partial charge >= 0.3 is 0 Å². The molecule has 4 aromatic rings. The first-order valence-corrected chi connectivity index (χ1v) is 9.77. The molecule has 0 bridgehead atoms. The number of aryl methyl sites for hydroxylation is 2. The zero-order valence-electron chi connectivity index (χ0n) is 16.1. The van der Waals surface area contributed by atoms with E-state index in [1.165, 1.54) is 0 Å². The van der Waals surface area contributed by atoms with Crippen molar-refractivity contribution in [3.05, 3.63) is 58.6 Å². The molecule has 0 unspecified atom stereocenters. The minimum atomic E-state index is 0.00911. The van der Waals surface area contributed by atoms with Crippen LogP contribution in [0.25, 0.3) is 32.8 Å². The third-order valence-electron chi connectivity index (χ3n) is 5.71. The fraction of sp³-hybridized carbons (Fsp3) is 0.318. The van der Waals surface area contributed by atoms with E-state index in [0.717, 1.165) is 64.3 Å². The number of hydrogen-bond donors (Lipinski definition) is 1. The van der Waals surface area contributed by atoms with Gasteiger partial charge in [-0.25, -0.2) is 4.68 Å². The van der Waals surface area contributed by atoms with Crippen LogP contribution in [0.5, 0.6) is 0 Å². The Bertz CT molecular complexity index is 1250. The number of aromatic nitrogens is 4. The van der Waals surface area contributed by atoms with Crippen LogP contribution in [-0.2, 0) is 7.05 Å². The lowest BCUT2D eigenvalue weighted by Crippen LogP contribution is -2.35. The Labute approximate surface area is 162 Å². The van der Waals surface area contributed by atoms with Crippen molar-refractivity contribution in [3.63, 3.8) is 0 Å². The molecule has 6 nitrogen and oxygen atoms in total. The average Bonchev–Trinajstić information content (AvgIpc) is 3.09. The largest absolute Gasteiger partial charge is 0.317 e. The second kappa shape index (κ2) is 6.56. The van der Waals surface area contributed by atoms with Crippen molar-refractivity contribution in [1.82, 2.24) is 24.9 Å². The molecule has 142 valence electrons. The van der Waals surface area contributed by atoms with Crippen molar-refractivity contribution < 1.29 is 0 Å². The van der Waals surface area contributed by atoms with Crippen LogP contribution in [0.3, 0.4) is 0 Å². The number of rotatable bonds is 2. The number of fused-ring (bicyclic) bond motifs is 2. The topological polar surface area (TPSA) is 64.7 Å². The van der Waals surface area contributed by atoms with Crippen LogP contribution < -0.4 is 10.9 Å². The molecule has 1 saturated heterocycles. The van der Waals surface area contributed by atoms with E-state index < -0.39 is 0 Å². The zero-order valence-corrected chi connectivity index (χ0v) is 16.1. The van der Waals surface area contributed by atoms with Crippen LogP contribution in [0.2, 0.25) is 0 Å². The van der Waals surface area contributed by atoms with Crippen LogP contribution in [-0.4, -0.2) is 32.7 Å². The maximum absolute atomic E-state index is 13.0. The lowest BCUT2D eigenvalue weighted by molar-refractivity contribution is 0.333. The van der Waals surface area contributed by atoms with Gasteiger partial charge in [0, 0.05) is 24.0 Å². The molecule has 2 aromatic carbocycles. The lowest BCUT2D eigenvalue weighted by Gasteiger charge is -2.23. The van der Waals surface area contributed by atoms with E-state index in [2.05, 4.69) is 40.6 Å². The maximum Gasteiger partial charge on any atom is 0.274 e. The number of nitrogens with one attached hydrogen (secondary N) is 1. The summed E-state index contributed by atoms with van der Waals surface area (Å²) >= 11 is 0. The molecule has 28 heavy (non-hydrogen) atoms. The van der Waals surface area contributed by atoms with Crippen molar-refractivity contribution >= 4 is 21.7 Å². The van der Waals surface area contributed by atoms with Crippen molar-refractivity contribution in [1.29, 1.82) is 0 Å². The average molecular weight is 373 g/mol. The first-order valence-electron chi connectivity index (χ1n) is 9.77. The first-order chi connectivity index (χ1) is 13.6. The van der Waals surface area contributed by atoms with E-state index in [9.17, 15) is 4.79 Å². The van der Waals surface area contributed by atoms with E-state index in [4.69, 9.17) is 0 Å². The Morgan fingerprint density at radius 1 is 1.07 bits per heavy atom. The van der Waals surface area contributed by atoms with E-state index in [0.29, 0.717) is 0 Å². The van der Waals surface area contributed by atoms with Gasteiger partial charge in [-0.15, -0.1) is 0 Å². The van der Waals surface area contributed by atoms with Gasteiger partial charge in [0.2, 0.25) is 0 Å². The Morgan fingerprint density at radius 2 is 1.86 bits per heavy atom. The molecule has 0 atom stereocenters. The van der Waals surface area contributed by atoms with Gasteiger partial charge in [-0.3, -0.25) is 9.48 Å². The Hall–Kier alpha value is -2.99. The monoisotopic (exact) mass is 373 g/mol. The van der Waals surface area contributed by atoms with Crippen molar-refractivity contribution in [3.8, 4) is 11.1 Å². The molecule has 3 heterocycles. The fourth-order valence-corrected chi connectivity index (χ4v) is 4.25. The normalized spacial score (nSPS) is 15.5. The maximum atomic E-state index is 13.0. The second-order valence-corrected chi connectivity index (χ2v) is 7.71. The quantitative estimate of drug-likeness (QED) is 0.586. The molecule has 1 aliphatic heterocycles. The minimum Gasteiger partial charge on any atom is -0.317 e. The van der Waals surface area contributed by atoms with E-state index in [-0.39, 0.29) is 11.6 Å². The number of nitrogens with zero attached hydrogens (tertiary/aromatic N) is 4. The van der Waals surface area contributed by atoms with Crippen molar-refractivity contribution in [2.45, 2.75) is 25.8 Å². The predicted octanol–water partition coefficient (Wildman–Crippen LogP) is 3.18. The van der Waals surface area contributed by atoms with Crippen LogP contribution in [0.15, 0.2) is 47.5 Å². The third kappa shape index (κ3) is 2.81. The van der Waals surface area contributed by atoms with Gasteiger partial charge in [0.15, 0.2) is 0 Å². The van der Waals surface area contributed by atoms with Gasteiger partial charge in [-0.2, -0.15) is 10.2 Å². The number of benzene rings is 2. The van der Waals surface area contributed by atoms with E-state index in [1.807, 2.05) is 36.3 Å². The smallest absolute Gasteiger partial charge is 0.274 e. The van der Waals surface area contributed by atoms with Gasteiger partial charge in [0.05, 0.1) is 23.1 Å². The summed E-state index contributed by atoms with van der Waals surface area (Å²) in [6, 6.07) is 10.5. The number of piperidine rings is 1. The summed E-state index contributed by atoms with van der Waals surface area (Å²) in [6.45, 7) is 3.96. The molecular weight excluding hydrogens is 350 g/mol. The summed E-state index contributed by atoms with van der Waals surface area (Å²) in [5.41, 5.74) is 4.39. The molecule has 5 rings (SSSR count). The predicted molar refractivity (Wildman–Crippen MR) is 112 cm³/mol. The molecular formula is C22H23N5O. The molecule has 0 spiro atoms. The molecule has 0 saturated carbocycles. The highest BCUT2D eigenvalue weighted by Crippen LogP contribution is 2.28. The Kier molecular flexibility index (Phi) is 4.02.